The molecule has 28 heavy (non-hydrogen) atoms. The third kappa shape index (κ3) is 4.22. The molecular weight excluding hydrogens is 365 g/mol. The monoisotopic (exact) mass is 383 g/mol. The lowest BCUT2D eigenvalue weighted by Gasteiger charge is -2.14. The number of hydrogen-bond donors (Lipinski definition) is 2. The molecule has 0 atom stereocenters. The van der Waals surface area contributed by atoms with Crippen LogP contribution in [0.2, 0.25) is 0 Å². The quantitative estimate of drug-likeness (QED) is 0.282. The maximum Gasteiger partial charge on any atom is 0.303 e. The number of halogens is 1. The van der Waals surface area contributed by atoms with Crippen LogP contribution in [0.15, 0.2) is 52.4 Å². The summed E-state index contributed by atoms with van der Waals surface area (Å²) in [6.07, 6.45) is 2.63. The molecule has 7 nitrogen and oxygen atoms in total. The van der Waals surface area contributed by atoms with Gasteiger partial charge in [0.15, 0.2) is 0 Å². The first-order valence-corrected chi connectivity index (χ1v) is 8.70. The minimum atomic E-state index is -0.879. The molecule has 0 spiro atoms. The number of carbonyl (C=O) groups is 1. The molecule has 3 rings (SSSR count). The van der Waals surface area contributed by atoms with Crippen molar-refractivity contribution in [1.29, 1.82) is 0 Å². The fourth-order valence-electron chi connectivity index (χ4n) is 2.98. The number of aryl methyl sites for hydroxylation is 1. The molecule has 0 aliphatic heterocycles. The molecule has 0 fully saturated rings. The van der Waals surface area contributed by atoms with Gasteiger partial charge in [-0.1, -0.05) is 11.2 Å². The van der Waals surface area contributed by atoms with Crippen LogP contribution >= 0.6 is 0 Å². The number of benzene rings is 2. The molecule has 0 saturated carbocycles. The van der Waals surface area contributed by atoms with Gasteiger partial charge in [0.2, 0.25) is 0 Å². The molecule has 0 aliphatic rings. The molecule has 0 bridgehead atoms. The lowest BCUT2D eigenvalue weighted by atomic mass is 10.1. The van der Waals surface area contributed by atoms with E-state index in [1.54, 1.807) is 18.2 Å². The number of oxime groups is 1. The summed E-state index contributed by atoms with van der Waals surface area (Å²) in [5.41, 5.74) is 1.19. The van der Waals surface area contributed by atoms with Gasteiger partial charge in [0, 0.05) is 12.8 Å². The summed E-state index contributed by atoms with van der Waals surface area (Å²) in [6.45, 7) is 0. The Hall–Kier alpha value is -3.55. The highest BCUT2D eigenvalue weighted by molar-refractivity contribution is 5.88. The first-order valence-electron chi connectivity index (χ1n) is 8.70. The van der Waals surface area contributed by atoms with Crippen LogP contribution in [0, 0.1) is 5.82 Å². The van der Waals surface area contributed by atoms with E-state index in [9.17, 15) is 14.0 Å². The lowest BCUT2D eigenvalue weighted by molar-refractivity contribution is -0.137. The Morgan fingerprint density at radius 1 is 1.18 bits per heavy atom. The highest BCUT2D eigenvalue weighted by Crippen LogP contribution is 2.17. The van der Waals surface area contributed by atoms with Crippen molar-refractivity contribution in [2.45, 2.75) is 25.7 Å². The topological polar surface area (TPSA) is 105 Å². The average Bonchev–Trinajstić information content (AvgIpc) is 2.66. The second-order valence-corrected chi connectivity index (χ2v) is 6.27. The number of rotatable bonds is 7. The molecule has 1 aromatic heterocycles. The second-order valence-electron chi connectivity index (χ2n) is 6.27. The van der Waals surface area contributed by atoms with E-state index in [1.807, 2.05) is 0 Å². The predicted molar refractivity (Wildman–Crippen MR) is 102 cm³/mol. The highest BCUT2D eigenvalue weighted by Gasteiger charge is 2.13. The normalized spacial score (nSPS) is 11.3. The van der Waals surface area contributed by atoms with Crippen molar-refractivity contribution in [2.75, 3.05) is 0 Å². The maximum absolute atomic E-state index is 13.3. The molecule has 2 aromatic carbocycles. The maximum atomic E-state index is 13.3. The van der Waals surface area contributed by atoms with Crippen molar-refractivity contribution in [3.8, 4) is 5.69 Å². The molecule has 0 radical (unpaired) electrons. The Labute approximate surface area is 159 Å². The summed E-state index contributed by atoms with van der Waals surface area (Å²) >= 11 is 0. The van der Waals surface area contributed by atoms with Gasteiger partial charge >= 0.3 is 5.97 Å². The zero-order valence-electron chi connectivity index (χ0n) is 14.9. The van der Waals surface area contributed by atoms with E-state index in [-0.39, 0.29) is 12.0 Å². The van der Waals surface area contributed by atoms with E-state index in [0.29, 0.717) is 47.2 Å². The van der Waals surface area contributed by atoms with Gasteiger partial charge in [-0.15, -0.1) is 0 Å². The van der Waals surface area contributed by atoms with Crippen LogP contribution in [0.25, 0.3) is 16.6 Å². The summed E-state index contributed by atoms with van der Waals surface area (Å²) in [5.74, 6) is -0.843. The number of aliphatic carboxylic acids is 1. The Bertz CT molecular complexity index is 1090. The van der Waals surface area contributed by atoms with Crippen LogP contribution in [0.4, 0.5) is 4.39 Å². The first-order chi connectivity index (χ1) is 13.5. The Morgan fingerprint density at radius 2 is 1.93 bits per heavy atom. The van der Waals surface area contributed by atoms with Crippen LogP contribution < -0.4 is 5.56 Å². The number of unbranched alkanes of at least 4 members (excludes halogenated alkanes) is 1. The number of carboxylic acid groups (broad SMARTS) is 1. The molecule has 0 amide bonds. The number of hydrogen-bond acceptors (Lipinski definition) is 5. The number of aromatic nitrogens is 2. The van der Waals surface area contributed by atoms with Crippen LogP contribution in [0.1, 0.15) is 30.7 Å². The predicted octanol–water partition coefficient (Wildman–Crippen LogP) is 3.13. The van der Waals surface area contributed by atoms with E-state index >= 15 is 0 Å². The van der Waals surface area contributed by atoms with Gasteiger partial charge in [0.25, 0.3) is 5.56 Å². The van der Waals surface area contributed by atoms with Gasteiger partial charge in [0.05, 0.1) is 22.8 Å². The molecule has 1 heterocycles. The van der Waals surface area contributed by atoms with Crippen molar-refractivity contribution in [3.05, 3.63) is 70.0 Å². The van der Waals surface area contributed by atoms with E-state index in [2.05, 4.69) is 10.1 Å². The average molecular weight is 383 g/mol. The Morgan fingerprint density at radius 3 is 2.61 bits per heavy atom. The van der Waals surface area contributed by atoms with E-state index < -0.39 is 11.8 Å². The van der Waals surface area contributed by atoms with Gasteiger partial charge in [-0.25, -0.2) is 9.37 Å². The summed E-state index contributed by atoms with van der Waals surface area (Å²) in [7, 11) is 0. The molecular formula is C20H18FN3O4. The van der Waals surface area contributed by atoms with Crippen molar-refractivity contribution < 1.29 is 19.5 Å². The van der Waals surface area contributed by atoms with Crippen LogP contribution in [-0.2, 0) is 11.2 Å². The van der Waals surface area contributed by atoms with Crippen LogP contribution in [-0.4, -0.2) is 32.0 Å². The van der Waals surface area contributed by atoms with Crippen molar-refractivity contribution in [1.82, 2.24) is 9.55 Å². The van der Waals surface area contributed by atoms with Crippen LogP contribution in [0.5, 0.6) is 0 Å². The molecule has 0 saturated heterocycles. The van der Waals surface area contributed by atoms with Crippen molar-refractivity contribution in [2.24, 2.45) is 5.16 Å². The highest BCUT2D eigenvalue weighted by atomic mass is 19.1. The van der Waals surface area contributed by atoms with E-state index in [4.69, 9.17) is 10.3 Å². The van der Waals surface area contributed by atoms with Crippen LogP contribution in [0.3, 0.4) is 0 Å². The first kappa shape index (κ1) is 19.2. The summed E-state index contributed by atoms with van der Waals surface area (Å²) < 4.78 is 14.7. The van der Waals surface area contributed by atoms with E-state index in [1.165, 1.54) is 35.0 Å². The SMILES string of the molecule is O=C(O)CCCCc1nc2cc(C=NO)ccc2c(=O)n1-c1ccc(F)cc1. The fourth-order valence-corrected chi connectivity index (χ4v) is 2.98. The summed E-state index contributed by atoms with van der Waals surface area (Å²) in [6, 6.07) is 10.4. The molecule has 2 N–H and O–H groups in total. The number of fused-ring (bicyclic) bond motifs is 1. The Kier molecular flexibility index (Phi) is 5.78. The van der Waals surface area contributed by atoms with Crippen molar-refractivity contribution in [3.63, 3.8) is 0 Å². The van der Waals surface area contributed by atoms with Gasteiger partial charge in [-0.05, 0) is 54.8 Å². The standard InChI is InChI=1S/C20H18FN3O4/c21-14-6-8-15(9-7-14)24-18(3-1-2-4-19(25)26)23-17-11-13(12-22-28)5-10-16(17)20(24)27/h5-12,28H,1-4H2,(H,25,26). The third-order valence-corrected chi connectivity index (χ3v) is 4.30. The van der Waals surface area contributed by atoms with E-state index in [0.717, 1.165) is 0 Å². The molecule has 8 heteroatoms. The van der Waals surface area contributed by atoms with Gasteiger partial charge in [0.1, 0.15) is 11.6 Å². The third-order valence-electron chi connectivity index (χ3n) is 4.30. The number of carboxylic acids is 1. The molecule has 0 unspecified atom stereocenters. The van der Waals surface area contributed by atoms with Gasteiger partial charge < -0.3 is 10.3 Å². The smallest absolute Gasteiger partial charge is 0.303 e. The molecule has 3 aromatic rings. The van der Waals surface area contributed by atoms with Gasteiger partial charge in [-0.2, -0.15) is 0 Å². The number of nitrogens with zero attached hydrogens (tertiary/aromatic N) is 3. The second kappa shape index (κ2) is 8.43. The minimum Gasteiger partial charge on any atom is -0.481 e. The summed E-state index contributed by atoms with van der Waals surface area (Å²) in [4.78, 5) is 28.4. The zero-order valence-corrected chi connectivity index (χ0v) is 14.9. The summed E-state index contributed by atoms with van der Waals surface area (Å²) in [5, 5.41) is 20.9. The largest absolute Gasteiger partial charge is 0.481 e. The minimum absolute atomic E-state index is 0.0332. The van der Waals surface area contributed by atoms with Gasteiger partial charge in [-0.3, -0.25) is 14.2 Å². The fraction of sp³-hybridized carbons (Fsp3) is 0.200. The lowest BCUT2D eigenvalue weighted by Crippen LogP contribution is -2.24. The molecule has 144 valence electrons. The zero-order chi connectivity index (χ0) is 20.1. The molecule has 0 aliphatic carbocycles. The van der Waals surface area contributed by atoms with Crippen molar-refractivity contribution >= 4 is 23.1 Å². The Balaban J connectivity index is 2.11.